The monoisotopic (exact) mass is 588 g/mol. The first-order chi connectivity index (χ1) is 18.6. The number of aromatic hydroxyl groups is 1. The Balaban J connectivity index is 1.35. The Bertz CT molecular complexity index is 1640. The van der Waals surface area contributed by atoms with Gasteiger partial charge in [-0.25, -0.2) is 14.4 Å². The first kappa shape index (κ1) is 27.2. The molecule has 5 rings (SSSR count). The van der Waals surface area contributed by atoms with Crippen molar-refractivity contribution in [1.82, 2.24) is 9.97 Å². The van der Waals surface area contributed by atoms with Crippen molar-refractivity contribution < 1.29 is 22.7 Å². The van der Waals surface area contributed by atoms with Crippen LogP contribution in [0.1, 0.15) is 28.8 Å². The van der Waals surface area contributed by atoms with Gasteiger partial charge in [-0.2, -0.15) is 8.42 Å². The standard InChI is InChI=1S/C27H26ClFN4O4S2/c1-15-10-19(30-13-18-4-3-5-22(37-2)25(18)34)14-31-26(15)39(35,36)33-27-32-24(23(38-27)11-16-6-7-16)17-8-9-21(29)20(28)12-17/h3-5,8-10,12,14,16,30,34H,6-7,11,13H2,1-2H3,(H,32,33). The minimum atomic E-state index is -4.04. The van der Waals surface area contributed by atoms with Crippen LogP contribution < -0.4 is 14.8 Å². The molecule has 4 aromatic rings. The van der Waals surface area contributed by atoms with Crippen LogP contribution in [0, 0.1) is 18.7 Å². The molecule has 1 fully saturated rings. The molecule has 1 aliphatic carbocycles. The molecule has 12 heteroatoms. The first-order valence-electron chi connectivity index (χ1n) is 12.2. The topological polar surface area (TPSA) is 113 Å². The molecule has 0 saturated heterocycles. The smallest absolute Gasteiger partial charge is 0.281 e. The second-order valence-electron chi connectivity index (χ2n) is 9.34. The fourth-order valence-corrected chi connectivity index (χ4v) is 6.84. The number of nitrogens with zero attached hydrogens (tertiary/aromatic N) is 2. The number of methoxy groups -OCH3 is 1. The summed E-state index contributed by atoms with van der Waals surface area (Å²) >= 11 is 7.25. The van der Waals surface area contributed by atoms with Crippen LogP contribution in [0.3, 0.4) is 0 Å². The highest BCUT2D eigenvalue weighted by Gasteiger charge is 2.27. The van der Waals surface area contributed by atoms with Gasteiger partial charge in [0, 0.05) is 22.5 Å². The summed E-state index contributed by atoms with van der Waals surface area (Å²) in [5.41, 5.74) is 2.87. The number of halogens is 2. The molecule has 2 heterocycles. The van der Waals surface area contributed by atoms with E-state index >= 15 is 0 Å². The number of hydrogen-bond acceptors (Lipinski definition) is 8. The highest BCUT2D eigenvalue weighted by molar-refractivity contribution is 7.92. The lowest BCUT2D eigenvalue weighted by molar-refractivity contribution is 0.371. The van der Waals surface area contributed by atoms with Crippen LogP contribution in [-0.4, -0.2) is 30.6 Å². The van der Waals surface area contributed by atoms with Crippen LogP contribution >= 0.6 is 22.9 Å². The van der Waals surface area contributed by atoms with Crippen LogP contribution in [-0.2, 0) is 23.0 Å². The predicted octanol–water partition coefficient (Wildman–Crippen LogP) is 6.39. The van der Waals surface area contributed by atoms with Gasteiger partial charge in [-0.15, -0.1) is 11.3 Å². The number of anilines is 2. The zero-order valence-corrected chi connectivity index (χ0v) is 23.6. The average Bonchev–Trinajstić information content (AvgIpc) is 3.63. The summed E-state index contributed by atoms with van der Waals surface area (Å²) in [5.74, 6) is 0.407. The minimum absolute atomic E-state index is 0.0184. The fourth-order valence-electron chi connectivity index (χ4n) is 4.16. The lowest BCUT2D eigenvalue weighted by atomic mass is 10.1. The number of thiazole rings is 1. The van der Waals surface area contributed by atoms with E-state index in [1.165, 1.54) is 36.8 Å². The maximum Gasteiger partial charge on any atom is 0.281 e. The van der Waals surface area contributed by atoms with Gasteiger partial charge in [0.25, 0.3) is 10.0 Å². The van der Waals surface area contributed by atoms with Crippen molar-refractivity contribution >= 4 is 43.8 Å². The first-order valence-corrected chi connectivity index (χ1v) is 14.9. The van der Waals surface area contributed by atoms with Crippen molar-refractivity contribution in [2.45, 2.75) is 37.8 Å². The van der Waals surface area contributed by atoms with Crippen molar-refractivity contribution in [3.05, 3.63) is 75.5 Å². The Labute approximate surface area is 234 Å². The number of phenols is 1. The molecule has 0 spiro atoms. The highest BCUT2D eigenvalue weighted by Crippen LogP contribution is 2.40. The van der Waals surface area contributed by atoms with E-state index in [1.807, 2.05) is 0 Å². The van der Waals surface area contributed by atoms with E-state index in [4.69, 9.17) is 16.3 Å². The lowest BCUT2D eigenvalue weighted by Crippen LogP contribution is -2.16. The van der Waals surface area contributed by atoms with Crippen LogP contribution in [0.4, 0.5) is 15.2 Å². The number of aryl methyl sites for hydroxylation is 1. The molecule has 1 aliphatic rings. The summed E-state index contributed by atoms with van der Waals surface area (Å²) in [7, 11) is -2.56. The number of aromatic nitrogens is 2. The van der Waals surface area contributed by atoms with Gasteiger partial charge in [-0.1, -0.05) is 23.7 Å². The maximum atomic E-state index is 13.7. The summed E-state index contributed by atoms with van der Waals surface area (Å²) in [4.78, 5) is 9.67. The van der Waals surface area contributed by atoms with Gasteiger partial charge in [-0.05, 0) is 68.0 Å². The summed E-state index contributed by atoms with van der Waals surface area (Å²) < 4.78 is 48.0. The quantitative estimate of drug-likeness (QED) is 0.197. The number of ether oxygens (including phenoxy) is 1. The molecule has 8 nitrogen and oxygen atoms in total. The molecule has 0 atom stereocenters. The summed E-state index contributed by atoms with van der Waals surface area (Å²) in [6.07, 6.45) is 4.42. The molecule has 0 aliphatic heterocycles. The molecule has 3 N–H and O–H groups in total. The predicted molar refractivity (Wildman–Crippen MR) is 151 cm³/mol. The van der Waals surface area contributed by atoms with Gasteiger partial charge < -0.3 is 15.2 Å². The van der Waals surface area contributed by atoms with Crippen molar-refractivity contribution in [3.8, 4) is 22.8 Å². The molecular weight excluding hydrogens is 563 g/mol. The number of pyridine rings is 1. The molecular formula is C27H26ClFN4O4S2. The number of sulfonamides is 1. The Hall–Kier alpha value is -3.41. The van der Waals surface area contributed by atoms with Gasteiger partial charge in [0.2, 0.25) is 0 Å². The molecule has 2 aromatic carbocycles. The maximum absolute atomic E-state index is 13.7. The second-order valence-corrected chi connectivity index (χ2v) is 12.4. The number of hydrogen-bond donors (Lipinski definition) is 3. The molecule has 0 bridgehead atoms. The van der Waals surface area contributed by atoms with E-state index < -0.39 is 15.8 Å². The summed E-state index contributed by atoms with van der Waals surface area (Å²) in [6.45, 7) is 1.94. The van der Waals surface area contributed by atoms with Crippen LogP contribution in [0.15, 0.2) is 53.7 Å². The second kappa shape index (κ2) is 11.0. The van der Waals surface area contributed by atoms with E-state index in [-0.39, 0.29) is 27.5 Å². The van der Waals surface area contributed by atoms with E-state index in [2.05, 4.69) is 20.0 Å². The third-order valence-electron chi connectivity index (χ3n) is 6.35. The lowest BCUT2D eigenvalue weighted by Gasteiger charge is -2.12. The third-order valence-corrected chi connectivity index (χ3v) is 9.16. The van der Waals surface area contributed by atoms with Gasteiger partial charge >= 0.3 is 0 Å². The van der Waals surface area contributed by atoms with Gasteiger partial charge in [-0.3, -0.25) is 4.72 Å². The van der Waals surface area contributed by atoms with Crippen molar-refractivity contribution in [2.24, 2.45) is 5.92 Å². The van der Waals surface area contributed by atoms with Crippen molar-refractivity contribution in [2.75, 3.05) is 17.1 Å². The molecule has 39 heavy (non-hydrogen) atoms. The Morgan fingerprint density at radius 3 is 2.72 bits per heavy atom. The summed E-state index contributed by atoms with van der Waals surface area (Å²) in [6, 6.07) is 11.2. The van der Waals surface area contributed by atoms with E-state index in [1.54, 1.807) is 37.3 Å². The largest absolute Gasteiger partial charge is 0.504 e. The van der Waals surface area contributed by atoms with Gasteiger partial charge in [0.15, 0.2) is 21.7 Å². The fraction of sp³-hybridized carbons (Fsp3) is 0.259. The average molecular weight is 589 g/mol. The Morgan fingerprint density at radius 2 is 2.03 bits per heavy atom. The molecule has 2 aromatic heterocycles. The van der Waals surface area contributed by atoms with Gasteiger partial charge in [0.1, 0.15) is 5.82 Å². The number of phenolic OH excluding ortho intramolecular Hbond substituents is 1. The van der Waals surface area contributed by atoms with E-state index in [0.29, 0.717) is 39.7 Å². The SMILES string of the molecule is COc1cccc(CNc2cnc(S(=O)(=O)Nc3nc(-c4ccc(F)c(Cl)c4)c(CC4CC4)s3)c(C)c2)c1O. The molecule has 0 amide bonds. The summed E-state index contributed by atoms with van der Waals surface area (Å²) in [5, 5.41) is 13.5. The molecule has 0 radical (unpaired) electrons. The zero-order valence-electron chi connectivity index (χ0n) is 21.2. The van der Waals surface area contributed by atoms with Gasteiger partial charge in [0.05, 0.1) is 29.7 Å². The van der Waals surface area contributed by atoms with Crippen molar-refractivity contribution in [1.29, 1.82) is 0 Å². The minimum Gasteiger partial charge on any atom is -0.504 e. The van der Waals surface area contributed by atoms with Crippen molar-refractivity contribution in [3.63, 3.8) is 0 Å². The van der Waals surface area contributed by atoms with E-state index in [9.17, 15) is 17.9 Å². The Morgan fingerprint density at radius 1 is 1.23 bits per heavy atom. The van der Waals surface area contributed by atoms with Crippen LogP contribution in [0.5, 0.6) is 11.5 Å². The highest BCUT2D eigenvalue weighted by atomic mass is 35.5. The Kier molecular flexibility index (Phi) is 7.66. The molecule has 0 unspecified atom stereocenters. The number of benzene rings is 2. The third kappa shape index (κ3) is 6.10. The van der Waals surface area contributed by atoms with Crippen LogP contribution in [0.25, 0.3) is 11.3 Å². The molecule has 1 saturated carbocycles. The number of rotatable bonds is 10. The normalized spacial score (nSPS) is 13.3. The van der Waals surface area contributed by atoms with Crippen LogP contribution in [0.2, 0.25) is 5.02 Å². The molecule has 204 valence electrons. The zero-order chi connectivity index (χ0) is 27.7. The van der Waals surface area contributed by atoms with E-state index in [0.717, 1.165) is 24.1 Å². The number of nitrogens with one attached hydrogen (secondary N) is 2. The number of para-hydroxylation sites is 1.